The molecule has 4 aromatic carbocycles. The van der Waals surface area contributed by atoms with E-state index < -0.39 is 207 Å². The number of fused-ring (bicyclic) bond motifs is 2. The molecule has 1 aliphatic rings. The first-order valence-electron chi connectivity index (χ1n) is 45.7. The summed E-state index contributed by atoms with van der Waals surface area (Å²) in [5, 5.41) is 53.4. The second-order valence-corrected chi connectivity index (χ2v) is 39.6. The number of aromatic nitrogens is 1. The average molecular weight is 1950 g/mol. The van der Waals surface area contributed by atoms with Crippen molar-refractivity contribution in [1.82, 2.24) is 84.7 Å². The van der Waals surface area contributed by atoms with Gasteiger partial charge in [0.1, 0.15) is 89.9 Å². The number of hydrogen-bond acceptors (Lipinski definition) is 25. The van der Waals surface area contributed by atoms with Crippen LogP contribution in [-0.4, -0.2) is 249 Å². The molecule has 42 nitrogen and oxygen atoms in total. The summed E-state index contributed by atoms with van der Waals surface area (Å²) in [6, 6.07) is 5.45. The molecule has 1 unspecified atom stereocenters. The number of primary amides is 3. The van der Waals surface area contributed by atoms with Gasteiger partial charge >= 0.3 is 0 Å². The van der Waals surface area contributed by atoms with E-state index in [1.54, 1.807) is 66.9 Å². The fourth-order valence-corrected chi connectivity index (χ4v) is 18.0. The van der Waals surface area contributed by atoms with Crippen molar-refractivity contribution < 1.29 is 96.1 Å². The van der Waals surface area contributed by atoms with E-state index in [2.05, 4.69) is 84.7 Å². The van der Waals surface area contributed by atoms with Crippen LogP contribution in [0.3, 0.4) is 0 Å². The maximum absolute atomic E-state index is 16.4. The minimum absolute atomic E-state index is 0.0986. The van der Waals surface area contributed by atoms with Crippen molar-refractivity contribution in [3.05, 3.63) is 113 Å². The van der Waals surface area contributed by atoms with Crippen molar-refractivity contribution in [2.24, 2.45) is 34.4 Å². The van der Waals surface area contributed by atoms with Crippen LogP contribution in [0.25, 0.3) is 21.7 Å². The Morgan fingerprint density at radius 3 is 1.70 bits per heavy atom. The van der Waals surface area contributed by atoms with Crippen LogP contribution < -0.4 is 119 Å². The first kappa shape index (κ1) is 113. The number of amides is 18. The fourth-order valence-electron chi connectivity index (χ4n) is 15.2. The lowest BCUT2D eigenvalue weighted by Crippen LogP contribution is -2.65. The van der Waals surface area contributed by atoms with Gasteiger partial charge in [-0.1, -0.05) is 94.4 Å². The fraction of sp³-hybridized carbons (Fsp3) is 0.548. The third kappa shape index (κ3) is 36.2. The molecule has 1 aromatic heterocycles. The van der Waals surface area contributed by atoms with Crippen LogP contribution in [-0.2, 0) is 106 Å². The molecule has 0 spiro atoms. The van der Waals surface area contributed by atoms with Crippen molar-refractivity contribution >= 4 is 150 Å². The highest BCUT2D eigenvalue weighted by Gasteiger charge is 2.48. The lowest BCUT2D eigenvalue weighted by Gasteiger charge is -2.39. The van der Waals surface area contributed by atoms with Gasteiger partial charge < -0.3 is 129 Å². The highest BCUT2D eigenvalue weighted by Crippen LogP contribution is 2.47. The number of carbonyl (C=O) groups is 18. The Bertz CT molecular complexity index is 5090. The van der Waals surface area contributed by atoms with E-state index in [0.29, 0.717) is 58.1 Å². The number of aliphatic hydroxyl groups is 1. The van der Waals surface area contributed by atoms with Crippen LogP contribution >= 0.6 is 21.6 Å². The van der Waals surface area contributed by atoms with Crippen molar-refractivity contribution in [3.63, 3.8) is 0 Å². The topological polar surface area (TPSA) is 689 Å². The Labute approximate surface area is 804 Å². The van der Waals surface area contributed by atoms with Crippen LogP contribution in [0.1, 0.15) is 188 Å². The molecule has 6 rings (SSSR count). The molecule has 1 fully saturated rings. The Hall–Kier alpha value is -12.5. The standard InChI is InChI=1S/C93H138N22O20S2/c1-51-24-23-27-62-60(50-102-73(51)62)47-68-81(126)104-64(29-16-21-41-100-53(3)117)79(124)113-76(92(10,11)137-136-91(8,9)75(103-55(5)119)86(131)109-69(48-71(97)120)82(127)112-74(52(2)116)85(130)107-68)87(132)108-66(45-56-32-35-61(36-33-56)135-43-40-96)80(125)105-67(46-57-31-34-58-25-13-14-26-59(58)44-57)84(129)115-93(12,37-18-20-39-95)89(134)111-65(30-17-22-42-101-54(4)118)78(123)106-70(49-72(98)121)83(128)114-90(6,7)88(133)110-63(77(99)122)28-15-19-38-94/h13-14,23-27,31-36,44,50,52,63-70,74-76,102,116H,15-22,28-30,37-43,45-49,94-96H2,1-12H3,(H2,97,120)(H2,98,121)(H2,99,122)(H,100,117)(H,101,118)(H,103,119)(H,104,126)(H,105,125)(H,106,123)(H,107,130)(H,108,132)(H,109,131)(H,110,133)(H,111,134)(H,112,127)(H,113,124)(H,114,128)(H,115,129)/t52-,63-,64+,65+,66+,67+,68+,69+,70+,74+,75-,76-,93?/m1/s1. The van der Waals surface area contributed by atoms with Crippen molar-refractivity contribution in [3.8, 4) is 5.75 Å². The number of aryl methyl sites for hydroxylation is 1. The maximum atomic E-state index is 16.4. The largest absolute Gasteiger partial charge is 0.492 e. The van der Waals surface area contributed by atoms with Gasteiger partial charge in [0.05, 0.1) is 18.9 Å². The number of hydrogen-bond donors (Lipinski definition) is 23. The number of ether oxygens (including phenoxy) is 1. The predicted molar refractivity (Wildman–Crippen MR) is 517 cm³/mol. The SMILES string of the molecule is CC(=O)NCCCC[C@@H]1NC(=O)[C@H](Cc2c[nH]c3c(C)cccc23)NC(=O)[C@H]([C@@H](C)O)NC(=O)[C@H](CC(N)=O)NC(=O)[C@@H](NC(C)=O)C(C)(C)SSC(C)(C)[C@@H](C(=O)N[C@@H](Cc2ccc(OCCN)cc2)C(=O)N[C@@H](Cc2ccc3ccccc3c2)C(=O)NC(C)(CCCCN)C(=O)N[C@@H](CCCCNC(C)=O)C(=O)N[C@@H](CC(N)=O)C(=O)NC(C)(C)C(=O)N[C@H](CCCCN)C(N)=O)NC1=O. The lowest BCUT2D eigenvalue weighted by atomic mass is 9.91. The smallest absolute Gasteiger partial charge is 0.246 e. The molecular weight excluding hydrogens is 1810 g/mol. The second-order valence-electron chi connectivity index (χ2n) is 36.1. The van der Waals surface area contributed by atoms with Gasteiger partial charge in [0, 0.05) is 86.3 Å². The first-order chi connectivity index (χ1) is 64.5. The second kappa shape index (κ2) is 53.8. The predicted octanol–water partition coefficient (Wildman–Crippen LogP) is -1.44. The molecule has 1 aliphatic heterocycles. The average Bonchev–Trinajstić information content (AvgIpc) is 1.68. The van der Waals surface area contributed by atoms with Gasteiger partial charge in [0.15, 0.2) is 0 Å². The minimum atomic E-state index is -2.07. The molecule has 5 aromatic rings. The number of nitrogens with one attached hydrogen (secondary N) is 16. The zero-order valence-corrected chi connectivity index (χ0v) is 81.5. The van der Waals surface area contributed by atoms with Gasteiger partial charge in [-0.2, -0.15) is 0 Å². The van der Waals surface area contributed by atoms with E-state index in [4.69, 9.17) is 39.1 Å². The zero-order chi connectivity index (χ0) is 102. The first-order valence-corrected chi connectivity index (χ1v) is 47.9. The minimum Gasteiger partial charge on any atom is -0.492 e. The van der Waals surface area contributed by atoms with E-state index in [9.17, 15) is 62.6 Å². The number of carbonyl (C=O) groups excluding carboxylic acids is 18. The van der Waals surface area contributed by atoms with Gasteiger partial charge in [0.2, 0.25) is 106 Å². The number of nitrogens with two attached hydrogens (primary N) is 6. The highest BCUT2D eigenvalue weighted by atomic mass is 33.1. The van der Waals surface area contributed by atoms with Crippen molar-refractivity contribution in [2.75, 3.05) is 39.3 Å². The molecule has 752 valence electrons. The molecular formula is C93H138N22O20S2. The van der Waals surface area contributed by atoms with Gasteiger partial charge in [-0.25, -0.2) is 0 Å². The quantitative estimate of drug-likeness (QED) is 0.0157. The van der Waals surface area contributed by atoms with Gasteiger partial charge in [0.25, 0.3) is 0 Å². The summed E-state index contributed by atoms with van der Waals surface area (Å²) in [5.41, 5.74) is 33.3. The van der Waals surface area contributed by atoms with E-state index >= 15 is 28.8 Å². The number of aliphatic hydroxyl groups excluding tert-OH is 1. The molecule has 1 saturated heterocycles. The van der Waals surface area contributed by atoms with Crippen LogP contribution in [0.5, 0.6) is 5.75 Å². The third-order valence-corrected chi connectivity index (χ3v) is 27.2. The number of para-hydroxylation sites is 1. The lowest BCUT2D eigenvalue weighted by molar-refractivity contribution is -0.139. The number of aromatic amines is 1. The van der Waals surface area contributed by atoms with E-state index in [-0.39, 0.29) is 122 Å². The van der Waals surface area contributed by atoms with Gasteiger partial charge in [-0.05, 0) is 198 Å². The Kier molecular flexibility index (Phi) is 44.5. The summed E-state index contributed by atoms with van der Waals surface area (Å²) in [5.74, 6) is -16.9. The molecule has 29 N–H and O–H groups in total. The van der Waals surface area contributed by atoms with Gasteiger partial charge in [-0.15, -0.1) is 0 Å². The molecule has 137 heavy (non-hydrogen) atoms. The normalized spacial score (nSPS) is 18.9. The summed E-state index contributed by atoms with van der Waals surface area (Å²) < 4.78 is 2.56. The summed E-state index contributed by atoms with van der Waals surface area (Å²) in [7, 11) is 1.80. The number of benzene rings is 4. The van der Waals surface area contributed by atoms with E-state index in [1.807, 2.05) is 31.2 Å². The van der Waals surface area contributed by atoms with Crippen LogP contribution in [0, 0.1) is 6.92 Å². The Balaban J connectivity index is 1.53. The number of H-pyrrole nitrogens is 1. The van der Waals surface area contributed by atoms with Crippen LogP contribution in [0.4, 0.5) is 0 Å². The van der Waals surface area contributed by atoms with E-state index in [0.717, 1.165) is 46.4 Å². The van der Waals surface area contributed by atoms with Crippen LogP contribution in [0.2, 0.25) is 0 Å². The molecule has 0 aliphatic carbocycles. The van der Waals surface area contributed by atoms with Gasteiger partial charge in [-0.3, -0.25) is 86.3 Å². The molecule has 13 atom stereocenters. The summed E-state index contributed by atoms with van der Waals surface area (Å²) in [6.45, 7) is 17.6. The molecule has 44 heteroatoms. The number of rotatable bonds is 48. The third-order valence-electron chi connectivity index (χ3n) is 23.0. The molecule has 0 bridgehead atoms. The molecule has 0 radical (unpaired) electrons. The van der Waals surface area contributed by atoms with E-state index in [1.165, 1.54) is 62.3 Å². The maximum Gasteiger partial charge on any atom is 0.246 e. The number of unbranched alkanes of at least 4 members (excludes halogenated alkanes) is 4. The van der Waals surface area contributed by atoms with Crippen molar-refractivity contribution in [1.29, 1.82) is 0 Å². The highest BCUT2D eigenvalue weighted by molar-refractivity contribution is 8.77. The molecule has 0 saturated carbocycles. The Morgan fingerprint density at radius 2 is 1.08 bits per heavy atom. The summed E-state index contributed by atoms with van der Waals surface area (Å²) in [6.07, 6.45) is -1.48. The zero-order valence-electron chi connectivity index (χ0n) is 79.8. The van der Waals surface area contributed by atoms with Crippen molar-refractivity contribution in [2.45, 2.75) is 285 Å². The molecule has 18 amide bonds. The molecule has 2 heterocycles. The summed E-state index contributed by atoms with van der Waals surface area (Å²) in [4.78, 5) is 262. The Morgan fingerprint density at radius 1 is 0.526 bits per heavy atom. The van der Waals surface area contributed by atoms with Crippen LogP contribution in [0.15, 0.2) is 91.1 Å². The monoisotopic (exact) mass is 1950 g/mol. The summed E-state index contributed by atoms with van der Waals surface area (Å²) >= 11 is 0.